The molecule has 0 aromatic carbocycles. The molecule has 0 rings (SSSR count). The molecule has 0 atom stereocenters. The van der Waals surface area contributed by atoms with Crippen LogP contribution in [0.15, 0.2) is 0 Å². The first-order chi connectivity index (χ1) is 3.56. The Bertz CT molecular complexity index is 56.0. The minimum Gasteiger partial charge on any atom is -0.317 e. The van der Waals surface area contributed by atoms with E-state index in [9.17, 15) is 0 Å². The van der Waals surface area contributed by atoms with Crippen molar-refractivity contribution in [3.05, 3.63) is 0 Å². The largest absolute Gasteiger partial charge is 0.317 e. The van der Waals surface area contributed by atoms with Crippen LogP contribution in [-0.2, 0) is 0 Å². The highest BCUT2D eigenvalue weighted by atomic mass is 32.2. The smallest absolute Gasteiger partial charge is 0.0563 e. The summed E-state index contributed by atoms with van der Waals surface area (Å²) in [5.41, 5.74) is 5.68. The first kappa shape index (κ1) is 8.31. The van der Waals surface area contributed by atoms with Gasteiger partial charge in [-0.15, -0.1) is 11.8 Å². The third-order valence-corrected chi connectivity index (χ3v) is 2.03. The monoisotopic (exact) mass is 133 g/mol. The Morgan fingerprint density at radius 1 is 1.50 bits per heavy atom. The second kappa shape index (κ2) is 3.36. The number of hydrogen-bond donors (Lipinski definition) is 1. The average Bonchev–Trinajstić information content (AvgIpc) is 1.59. The fourth-order valence-corrected chi connectivity index (χ4v) is 1.10. The second-order valence-electron chi connectivity index (χ2n) is 2.45. The number of thioether (sulfide) groups is 1. The van der Waals surface area contributed by atoms with Crippen LogP contribution in [0.2, 0.25) is 0 Å². The molecule has 8 heavy (non-hydrogen) atoms. The zero-order valence-electron chi connectivity index (χ0n) is 5.90. The van der Waals surface area contributed by atoms with Crippen molar-refractivity contribution in [2.75, 3.05) is 5.75 Å². The van der Waals surface area contributed by atoms with E-state index in [1.807, 2.05) is 25.6 Å². The Kier molecular flexibility index (Phi) is 3.49. The lowest BCUT2D eigenvalue weighted by Gasteiger charge is -2.16. The molecule has 50 valence electrons. The molecule has 1 nitrogen and oxygen atoms in total. The van der Waals surface area contributed by atoms with Gasteiger partial charge in [-0.2, -0.15) is 0 Å². The predicted octanol–water partition coefficient (Wildman–Crippen LogP) is 1.82. The van der Waals surface area contributed by atoms with Gasteiger partial charge in [0.2, 0.25) is 0 Å². The predicted molar refractivity (Wildman–Crippen MR) is 41.0 cm³/mol. The van der Waals surface area contributed by atoms with E-state index >= 15 is 0 Å². The molecule has 0 aliphatic heterocycles. The van der Waals surface area contributed by atoms with Crippen LogP contribution in [0.3, 0.4) is 0 Å². The molecule has 0 fully saturated rings. The van der Waals surface area contributed by atoms with Gasteiger partial charge in [-0.1, -0.05) is 6.92 Å². The van der Waals surface area contributed by atoms with E-state index in [4.69, 9.17) is 5.73 Å². The maximum Gasteiger partial charge on any atom is 0.0563 e. The van der Waals surface area contributed by atoms with Gasteiger partial charge < -0.3 is 5.73 Å². The van der Waals surface area contributed by atoms with Crippen LogP contribution in [0.1, 0.15) is 27.2 Å². The van der Waals surface area contributed by atoms with Gasteiger partial charge in [0.15, 0.2) is 0 Å². The molecular weight excluding hydrogens is 118 g/mol. The highest BCUT2D eigenvalue weighted by Crippen LogP contribution is 2.17. The van der Waals surface area contributed by atoms with Crippen LogP contribution in [0, 0.1) is 0 Å². The molecule has 0 aromatic rings. The molecule has 0 aliphatic rings. The lowest BCUT2D eigenvalue weighted by atomic mass is 10.4. The third kappa shape index (κ3) is 6.31. The minimum absolute atomic E-state index is 0.0317. The van der Waals surface area contributed by atoms with Gasteiger partial charge in [0, 0.05) is 0 Å². The average molecular weight is 133 g/mol. The first-order valence-corrected chi connectivity index (χ1v) is 3.97. The number of nitrogens with two attached hydrogens (primary N) is 1. The second-order valence-corrected chi connectivity index (χ2v) is 4.20. The van der Waals surface area contributed by atoms with E-state index < -0.39 is 0 Å². The minimum atomic E-state index is -0.0317. The zero-order chi connectivity index (χ0) is 6.62. The van der Waals surface area contributed by atoms with Crippen LogP contribution in [0.4, 0.5) is 0 Å². The summed E-state index contributed by atoms with van der Waals surface area (Å²) >= 11 is 1.81. The summed E-state index contributed by atoms with van der Waals surface area (Å²) < 4.78 is 0. The molecule has 0 spiro atoms. The Hall–Kier alpha value is 0.310. The van der Waals surface area contributed by atoms with Crippen molar-refractivity contribution in [2.24, 2.45) is 5.73 Å². The van der Waals surface area contributed by atoms with Gasteiger partial charge in [0.05, 0.1) is 4.87 Å². The Morgan fingerprint density at radius 3 is 2.12 bits per heavy atom. The quantitative estimate of drug-likeness (QED) is 0.594. The van der Waals surface area contributed by atoms with Crippen molar-refractivity contribution in [3.8, 4) is 0 Å². The van der Waals surface area contributed by atoms with Crippen LogP contribution in [0.25, 0.3) is 0 Å². The van der Waals surface area contributed by atoms with Crippen molar-refractivity contribution in [3.63, 3.8) is 0 Å². The molecule has 2 heteroatoms. The van der Waals surface area contributed by atoms with E-state index in [0.717, 1.165) is 0 Å². The molecule has 0 bridgehead atoms. The van der Waals surface area contributed by atoms with E-state index in [1.165, 1.54) is 12.2 Å². The van der Waals surface area contributed by atoms with Gasteiger partial charge >= 0.3 is 0 Å². The van der Waals surface area contributed by atoms with Crippen molar-refractivity contribution in [1.82, 2.24) is 0 Å². The topological polar surface area (TPSA) is 26.0 Å². The SMILES string of the molecule is CCCSC(C)(C)N. The molecule has 0 amide bonds. The summed E-state index contributed by atoms with van der Waals surface area (Å²) in [5, 5.41) is 0. The molecule has 0 unspecified atom stereocenters. The van der Waals surface area contributed by atoms with Crippen molar-refractivity contribution >= 4 is 11.8 Å². The normalized spacial score (nSPS) is 12.0. The summed E-state index contributed by atoms with van der Waals surface area (Å²) in [5.74, 6) is 1.17. The Morgan fingerprint density at radius 2 is 2.00 bits per heavy atom. The third-order valence-electron chi connectivity index (χ3n) is 0.678. The maximum absolute atomic E-state index is 5.68. The molecule has 0 saturated carbocycles. The van der Waals surface area contributed by atoms with Crippen LogP contribution in [-0.4, -0.2) is 10.6 Å². The van der Waals surface area contributed by atoms with Gasteiger partial charge in [-0.3, -0.25) is 0 Å². The lowest BCUT2D eigenvalue weighted by Crippen LogP contribution is -2.27. The molecule has 2 N–H and O–H groups in total. The van der Waals surface area contributed by atoms with E-state index in [2.05, 4.69) is 6.92 Å². The molecule has 0 aromatic heterocycles. The Balaban J connectivity index is 3.11. The summed E-state index contributed by atoms with van der Waals surface area (Å²) in [6.45, 7) is 6.24. The highest BCUT2D eigenvalue weighted by Gasteiger charge is 2.08. The summed E-state index contributed by atoms with van der Waals surface area (Å²) in [7, 11) is 0. The Labute approximate surface area is 56.0 Å². The van der Waals surface area contributed by atoms with Crippen molar-refractivity contribution in [2.45, 2.75) is 32.1 Å². The molecule has 0 aliphatic carbocycles. The first-order valence-electron chi connectivity index (χ1n) is 2.99. The van der Waals surface area contributed by atoms with Gasteiger partial charge in [0.1, 0.15) is 0 Å². The van der Waals surface area contributed by atoms with Crippen LogP contribution < -0.4 is 5.73 Å². The van der Waals surface area contributed by atoms with Crippen LogP contribution >= 0.6 is 11.8 Å². The molecule has 0 heterocycles. The van der Waals surface area contributed by atoms with E-state index in [-0.39, 0.29) is 4.87 Å². The highest BCUT2D eigenvalue weighted by molar-refractivity contribution is 8.00. The summed E-state index contributed by atoms with van der Waals surface area (Å²) in [4.78, 5) is -0.0317. The maximum atomic E-state index is 5.68. The fraction of sp³-hybridized carbons (Fsp3) is 1.00. The molecule has 0 radical (unpaired) electrons. The van der Waals surface area contributed by atoms with E-state index in [1.54, 1.807) is 0 Å². The summed E-state index contributed by atoms with van der Waals surface area (Å²) in [6, 6.07) is 0. The van der Waals surface area contributed by atoms with Crippen molar-refractivity contribution in [1.29, 1.82) is 0 Å². The zero-order valence-corrected chi connectivity index (χ0v) is 6.72. The van der Waals surface area contributed by atoms with Gasteiger partial charge in [-0.05, 0) is 26.0 Å². The molecular formula is C6H15NS. The number of rotatable bonds is 3. The summed E-state index contributed by atoms with van der Waals surface area (Å²) in [6.07, 6.45) is 1.21. The van der Waals surface area contributed by atoms with E-state index in [0.29, 0.717) is 0 Å². The standard InChI is InChI=1S/C6H15NS/c1-4-5-8-6(2,3)7/h4-5,7H2,1-3H3. The van der Waals surface area contributed by atoms with Gasteiger partial charge in [-0.25, -0.2) is 0 Å². The lowest BCUT2D eigenvalue weighted by molar-refractivity contribution is 0.757. The fourth-order valence-electron chi connectivity index (χ4n) is 0.365. The molecule has 0 saturated heterocycles. The number of hydrogen-bond acceptors (Lipinski definition) is 2. The van der Waals surface area contributed by atoms with Crippen LogP contribution in [0.5, 0.6) is 0 Å². The van der Waals surface area contributed by atoms with Gasteiger partial charge in [0.25, 0.3) is 0 Å². The van der Waals surface area contributed by atoms with Crippen molar-refractivity contribution < 1.29 is 0 Å².